The molecule has 6 atom stereocenters. The highest BCUT2D eigenvalue weighted by atomic mass is 16.5. The number of nitrogens with two attached hydrogens (primary N) is 1. The molecule has 3 heterocycles. The van der Waals surface area contributed by atoms with Crippen molar-refractivity contribution in [2.24, 2.45) is 56.2 Å². The molecule has 74 heavy (non-hydrogen) atoms. The first-order valence-corrected chi connectivity index (χ1v) is 24.7. The van der Waals surface area contributed by atoms with Crippen LogP contribution in [0, 0.1) is 35.5 Å². The number of carbonyl (C=O) groups excluding carboxylic acids is 6. The predicted octanol–water partition coefficient (Wildman–Crippen LogP) is 3.18. The van der Waals surface area contributed by atoms with Crippen molar-refractivity contribution in [3.8, 4) is 0 Å². The van der Waals surface area contributed by atoms with Crippen LogP contribution in [0.4, 0.5) is 0 Å². The first-order valence-electron chi connectivity index (χ1n) is 24.7. The third-order valence-corrected chi connectivity index (χ3v) is 13.3. The van der Waals surface area contributed by atoms with E-state index in [1.807, 2.05) is 91.0 Å². The second-order valence-electron chi connectivity index (χ2n) is 18.0. The van der Waals surface area contributed by atoms with Gasteiger partial charge in [0, 0.05) is 81.4 Å². The summed E-state index contributed by atoms with van der Waals surface area (Å²) in [4.78, 5) is 95.9. The Bertz CT molecular complexity index is 2290. The highest BCUT2D eigenvalue weighted by molar-refractivity contribution is 6.08. The van der Waals surface area contributed by atoms with Gasteiger partial charge in [-0.1, -0.05) is 91.0 Å². The van der Waals surface area contributed by atoms with Gasteiger partial charge in [-0.2, -0.15) is 0 Å². The molecular weight excluding hydrogens is 951 g/mol. The molecule has 6 rings (SSSR count). The van der Waals surface area contributed by atoms with Gasteiger partial charge in [-0.25, -0.2) is 0 Å². The van der Waals surface area contributed by atoms with Crippen LogP contribution in [0.2, 0.25) is 0 Å². The molecule has 0 aromatic heterocycles. The van der Waals surface area contributed by atoms with Gasteiger partial charge in [0.2, 0.25) is 36.6 Å². The fraction of sp³-hybridized carbons (Fsp3) is 0.400. The maximum atomic E-state index is 14.9. The third-order valence-electron chi connectivity index (χ3n) is 13.3. The summed E-state index contributed by atoms with van der Waals surface area (Å²) in [5.74, 6) is -8.68. The van der Waals surface area contributed by atoms with Gasteiger partial charge in [0.15, 0.2) is 17.3 Å². The van der Waals surface area contributed by atoms with Gasteiger partial charge in [0.25, 0.3) is 0 Å². The van der Waals surface area contributed by atoms with Crippen LogP contribution in [0.5, 0.6) is 0 Å². The molecule has 0 saturated carbocycles. The number of hydrogen-bond acceptors (Lipinski definition) is 16. The third kappa shape index (κ3) is 14.0. The van der Waals surface area contributed by atoms with Crippen molar-refractivity contribution in [1.29, 1.82) is 0 Å². The van der Waals surface area contributed by atoms with E-state index in [-0.39, 0.29) is 132 Å². The number of aliphatic hydroxyl groups is 3. The molecule has 0 spiro atoms. The average Bonchev–Trinajstić information content (AvgIpc) is 3.42. The molecule has 19 nitrogen and oxygen atoms in total. The molecule has 8 N–H and O–H groups in total. The Kier molecular flexibility index (Phi) is 21.7. The van der Waals surface area contributed by atoms with Crippen molar-refractivity contribution in [1.82, 2.24) is 16.0 Å². The summed E-state index contributed by atoms with van der Waals surface area (Å²) >= 11 is 0. The minimum absolute atomic E-state index is 0.000581. The Hall–Kier alpha value is -7.45. The summed E-state index contributed by atoms with van der Waals surface area (Å²) in [6.45, 7) is -1.65. The standard InChI is InChI=1S/C55H65N7O12/c56-55(43(16-22-57-34-66)46-52(49(69)40(19-25-63)28-60-46)72-31-37-10-4-1-5-11-37,44(17-23-58-35-67)47-53(50(70)41(20-26-64)29-61-47)73-32-38-12-6-2-7-13-38)45(18-24-59-36-68)48-54(51(71)42(21-27-65)30-62-48)74-33-39-14-8-3-9-15-39/h1-15,28-30,34-36,40-45,63-65H,16-27,31-33,56H2,(H,57,66)(H,58,67)(H,59,68). The number of Topliss-reactive ketones (excluding diaryl/α,β-unsaturated/α-hetero) is 3. The van der Waals surface area contributed by atoms with E-state index in [9.17, 15) is 44.1 Å². The minimum atomic E-state index is -2.03. The highest BCUT2D eigenvalue weighted by Crippen LogP contribution is 2.51. The van der Waals surface area contributed by atoms with Crippen LogP contribution in [-0.4, -0.2) is 116 Å². The van der Waals surface area contributed by atoms with Gasteiger partial charge in [-0.3, -0.25) is 43.7 Å². The summed E-state index contributed by atoms with van der Waals surface area (Å²) < 4.78 is 19.6. The number of carbonyl (C=O) groups is 6. The topological polar surface area (TPSA) is 290 Å². The van der Waals surface area contributed by atoms with E-state index in [0.717, 1.165) is 0 Å². The van der Waals surface area contributed by atoms with Crippen LogP contribution in [0.3, 0.4) is 0 Å². The van der Waals surface area contributed by atoms with Gasteiger partial charge >= 0.3 is 0 Å². The van der Waals surface area contributed by atoms with Crippen LogP contribution in [-0.2, 0) is 62.8 Å². The molecule has 0 saturated heterocycles. The summed E-state index contributed by atoms with van der Waals surface area (Å²) in [6, 6.07) is 27.2. The minimum Gasteiger partial charge on any atom is -0.483 e. The molecule has 3 amide bonds. The number of benzene rings is 3. The van der Waals surface area contributed by atoms with Crippen LogP contribution < -0.4 is 21.7 Å². The lowest BCUT2D eigenvalue weighted by Crippen LogP contribution is -2.62. The molecule has 3 aromatic rings. The zero-order chi connectivity index (χ0) is 52.7. The summed E-state index contributed by atoms with van der Waals surface area (Å²) in [6.07, 6.45) is 5.41. The van der Waals surface area contributed by atoms with Gasteiger partial charge < -0.3 is 51.2 Å². The lowest BCUT2D eigenvalue weighted by atomic mass is 9.59. The van der Waals surface area contributed by atoms with E-state index in [1.54, 1.807) is 0 Å². The highest BCUT2D eigenvalue weighted by Gasteiger charge is 2.56. The number of hydrogen-bond donors (Lipinski definition) is 7. The number of allylic oxidation sites excluding steroid dienone is 3. The molecular formula is C55H65N7O12. The van der Waals surface area contributed by atoms with Crippen molar-refractivity contribution in [3.63, 3.8) is 0 Å². The zero-order valence-corrected chi connectivity index (χ0v) is 41.1. The second-order valence-corrected chi connectivity index (χ2v) is 18.0. The van der Waals surface area contributed by atoms with E-state index < -0.39 is 58.4 Å². The maximum Gasteiger partial charge on any atom is 0.207 e. The molecule has 3 aromatic carbocycles. The molecule has 0 aliphatic carbocycles. The van der Waals surface area contributed by atoms with Crippen molar-refractivity contribution in [2.75, 3.05) is 39.5 Å². The monoisotopic (exact) mass is 1020 g/mol. The number of aliphatic imine (C=N–C) groups is 3. The molecule has 3 aliphatic rings. The molecule has 0 radical (unpaired) electrons. The quantitative estimate of drug-likeness (QED) is 0.0341. The molecule has 6 unspecified atom stereocenters. The largest absolute Gasteiger partial charge is 0.483 e. The Balaban J connectivity index is 1.74. The molecule has 3 aliphatic heterocycles. The van der Waals surface area contributed by atoms with E-state index in [4.69, 9.17) is 34.9 Å². The number of rotatable bonds is 33. The number of nitrogens with zero attached hydrogens (tertiary/aromatic N) is 3. The van der Waals surface area contributed by atoms with Crippen molar-refractivity contribution < 1.29 is 58.3 Å². The van der Waals surface area contributed by atoms with Crippen molar-refractivity contribution in [3.05, 3.63) is 142 Å². The molecule has 392 valence electrons. The van der Waals surface area contributed by atoms with E-state index in [0.29, 0.717) is 35.9 Å². The lowest BCUT2D eigenvalue weighted by molar-refractivity contribution is -0.122. The zero-order valence-electron chi connectivity index (χ0n) is 41.1. The van der Waals surface area contributed by atoms with Crippen molar-refractivity contribution in [2.45, 2.75) is 63.9 Å². The molecule has 19 heteroatoms. The van der Waals surface area contributed by atoms with Gasteiger partial charge in [0.1, 0.15) is 19.8 Å². The first kappa shape index (κ1) is 55.9. The van der Waals surface area contributed by atoms with Crippen LogP contribution in [0.15, 0.2) is 140 Å². The van der Waals surface area contributed by atoms with Gasteiger partial charge in [-0.05, 0) is 55.2 Å². The van der Waals surface area contributed by atoms with Gasteiger partial charge in [-0.15, -0.1) is 0 Å². The predicted molar refractivity (Wildman–Crippen MR) is 274 cm³/mol. The fourth-order valence-electron chi connectivity index (χ4n) is 9.64. The van der Waals surface area contributed by atoms with E-state index in [1.165, 1.54) is 18.6 Å². The summed E-state index contributed by atoms with van der Waals surface area (Å²) in [5, 5.41) is 38.5. The summed E-state index contributed by atoms with van der Waals surface area (Å²) in [7, 11) is 0. The lowest BCUT2D eigenvalue weighted by Gasteiger charge is -2.50. The SMILES string of the molecule is NC(C(CCNC=O)C1=C(OCc2ccccc2)C(=O)C(CCO)C=N1)(C(CCNC=O)C1=C(OCc2ccccc2)C(=O)C(CCO)C=N1)C(CCNC=O)C1=C(OCc2ccccc2)C(=O)C(CCO)C=N1. The summed E-state index contributed by atoms with van der Waals surface area (Å²) in [5.41, 5.74) is 8.52. The van der Waals surface area contributed by atoms with E-state index in [2.05, 4.69) is 16.0 Å². The molecule has 0 bridgehead atoms. The van der Waals surface area contributed by atoms with Crippen LogP contribution >= 0.6 is 0 Å². The van der Waals surface area contributed by atoms with Crippen molar-refractivity contribution >= 4 is 55.2 Å². The number of nitrogens with one attached hydrogen (secondary N) is 3. The normalized spacial score (nSPS) is 19.6. The Labute approximate surface area is 429 Å². The Morgan fingerprint density at radius 2 is 0.757 bits per heavy atom. The maximum absolute atomic E-state index is 14.9. The molecule has 0 fully saturated rings. The number of ether oxygens (including phenoxy) is 3. The van der Waals surface area contributed by atoms with Crippen LogP contribution in [0.1, 0.15) is 55.2 Å². The average molecular weight is 1020 g/mol. The van der Waals surface area contributed by atoms with Crippen LogP contribution in [0.25, 0.3) is 0 Å². The van der Waals surface area contributed by atoms with E-state index >= 15 is 0 Å². The number of ketones is 3. The fourth-order valence-corrected chi connectivity index (χ4v) is 9.64. The smallest absolute Gasteiger partial charge is 0.207 e. The number of aliphatic hydroxyl groups excluding tert-OH is 3. The Morgan fingerprint density at radius 1 is 0.486 bits per heavy atom. The first-order chi connectivity index (χ1) is 36.1. The van der Waals surface area contributed by atoms with Gasteiger partial charge in [0.05, 0.1) is 34.8 Å². The second kappa shape index (κ2) is 28.7. The Morgan fingerprint density at radius 3 is 1.00 bits per heavy atom. The number of amides is 3.